The Hall–Kier alpha value is -0.660. The molecule has 0 amide bonds. The van der Waals surface area contributed by atoms with Crippen LogP contribution < -0.4 is 10.5 Å². The normalized spacial score (nSPS) is 27.4. The van der Waals surface area contributed by atoms with Gasteiger partial charge in [-0.2, -0.15) is 0 Å². The van der Waals surface area contributed by atoms with E-state index in [1.807, 2.05) is 0 Å². The molecule has 3 N–H and O–H groups in total. The van der Waals surface area contributed by atoms with E-state index in [4.69, 9.17) is 5.73 Å². The highest BCUT2D eigenvalue weighted by atomic mass is 79.9. The second-order valence-corrected chi connectivity index (χ2v) is 8.13. The first-order valence-electron chi connectivity index (χ1n) is 6.74. The van der Waals surface area contributed by atoms with Crippen LogP contribution in [0.1, 0.15) is 33.1 Å². The Balaban J connectivity index is 2.25. The first-order valence-corrected chi connectivity index (χ1v) is 9.02. The van der Waals surface area contributed by atoms with Crippen molar-refractivity contribution in [2.45, 2.75) is 44.0 Å². The molecule has 1 aromatic heterocycles. The fraction of sp³-hybridized carbons (Fsp3) is 0.615. The van der Waals surface area contributed by atoms with E-state index in [0.717, 1.165) is 19.3 Å². The fourth-order valence-corrected chi connectivity index (χ4v) is 4.61. The largest absolute Gasteiger partial charge is 0.383 e. The van der Waals surface area contributed by atoms with Crippen LogP contribution in [0.15, 0.2) is 21.6 Å². The summed E-state index contributed by atoms with van der Waals surface area (Å²) in [4.78, 5) is 3.92. The first kappa shape index (κ1) is 15.7. The van der Waals surface area contributed by atoms with Gasteiger partial charge in [0.05, 0.1) is 0 Å². The van der Waals surface area contributed by atoms with Crippen molar-refractivity contribution >= 4 is 31.8 Å². The van der Waals surface area contributed by atoms with Crippen LogP contribution in [0.25, 0.3) is 0 Å². The van der Waals surface area contributed by atoms with Crippen LogP contribution in [0.5, 0.6) is 0 Å². The zero-order chi connectivity index (χ0) is 14.9. The van der Waals surface area contributed by atoms with Gasteiger partial charge in [0.15, 0.2) is 0 Å². The van der Waals surface area contributed by atoms with Gasteiger partial charge in [0.1, 0.15) is 10.7 Å². The van der Waals surface area contributed by atoms with Crippen molar-refractivity contribution in [3.63, 3.8) is 0 Å². The van der Waals surface area contributed by atoms with Gasteiger partial charge in [-0.05, 0) is 40.3 Å². The number of aromatic nitrogens is 1. The molecule has 2 rings (SSSR count). The molecule has 7 heteroatoms. The van der Waals surface area contributed by atoms with Crippen molar-refractivity contribution in [1.82, 2.24) is 9.71 Å². The SMILES string of the molecule is C[C@@H]1[C@H](C)CCC[C@@H]1NS(=O)(=O)c1cc(Br)cnc1N. The van der Waals surface area contributed by atoms with Gasteiger partial charge < -0.3 is 5.73 Å². The summed E-state index contributed by atoms with van der Waals surface area (Å²) in [6, 6.07) is 1.45. The molecule has 1 heterocycles. The molecule has 3 atom stereocenters. The molecule has 0 saturated heterocycles. The lowest BCUT2D eigenvalue weighted by Crippen LogP contribution is -2.43. The predicted octanol–water partition coefficient (Wildman–Crippen LogP) is 2.53. The number of halogens is 1. The van der Waals surface area contributed by atoms with Gasteiger partial charge in [0, 0.05) is 16.7 Å². The Morgan fingerprint density at radius 2 is 2.10 bits per heavy atom. The number of hydrogen-bond donors (Lipinski definition) is 2. The smallest absolute Gasteiger partial charge is 0.244 e. The Labute approximate surface area is 128 Å². The van der Waals surface area contributed by atoms with Gasteiger partial charge >= 0.3 is 0 Å². The van der Waals surface area contributed by atoms with E-state index in [1.165, 1.54) is 12.3 Å². The van der Waals surface area contributed by atoms with Crippen LogP contribution in [0.3, 0.4) is 0 Å². The van der Waals surface area contributed by atoms with Crippen molar-refractivity contribution in [2.75, 3.05) is 5.73 Å². The minimum absolute atomic E-state index is 0.0252. The predicted molar refractivity (Wildman–Crippen MR) is 82.6 cm³/mol. The molecule has 1 fully saturated rings. The van der Waals surface area contributed by atoms with Crippen LogP contribution in [-0.2, 0) is 10.0 Å². The third-order valence-electron chi connectivity index (χ3n) is 4.15. The molecule has 0 bridgehead atoms. The summed E-state index contributed by atoms with van der Waals surface area (Å²) in [5.41, 5.74) is 5.69. The van der Waals surface area contributed by atoms with E-state index in [-0.39, 0.29) is 16.8 Å². The molecule has 0 aliphatic heterocycles. The summed E-state index contributed by atoms with van der Waals surface area (Å²) in [5, 5.41) is 0. The fourth-order valence-electron chi connectivity index (χ4n) is 2.66. The van der Waals surface area contributed by atoms with Crippen molar-refractivity contribution < 1.29 is 8.42 Å². The first-order chi connectivity index (χ1) is 9.31. The standard InChI is InChI=1S/C13H20BrN3O2S/c1-8-4-3-5-11(9(8)2)17-20(18,19)12-6-10(14)7-16-13(12)15/h6-9,11,17H,3-5H2,1-2H3,(H2,15,16)/t8-,9-,11+/m1/s1. The summed E-state index contributed by atoms with van der Waals surface area (Å²) in [5.74, 6) is 0.867. The monoisotopic (exact) mass is 361 g/mol. The number of anilines is 1. The Bertz CT molecular complexity index is 591. The number of nitrogens with two attached hydrogens (primary N) is 1. The summed E-state index contributed by atoms with van der Waals surface area (Å²) < 4.78 is 28.3. The van der Waals surface area contributed by atoms with Crippen molar-refractivity contribution in [1.29, 1.82) is 0 Å². The van der Waals surface area contributed by atoms with E-state index in [0.29, 0.717) is 16.3 Å². The number of sulfonamides is 1. The maximum atomic E-state index is 12.5. The van der Waals surface area contributed by atoms with Gasteiger partial charge in [0.2, 0.25) is 10.0 Å². The minimum Gasteiger partial charge on any atom is -0.383 e. The molecule has 1 aliphatic carbocycles. The lowest BCUT2D eigenvalue weighted by Gasteiger charge is -2.34. The number of rotatable bonds is 3. The average Bonchev–Trinajstić information content (AvgIpc) is 2.37. The number of hydrogen-bond acceptors (Lipinski definition) is 4. The number of nitrogens with one attached hydrogen (secondary N) is 1. The molecule has 112 valence electrons. The summed E-state index contributed by atoms with van der Waals surface area (Å²) in [6.45, 7) is 4.26. The molecule has 1 aliphatic rings. The Morgan fingerprint density at radius 1 is 1.40 bits per heavy atom. The maximum Gasteiger partial charge on any atom is 0.244 e. The van der Waals surface area contributed by atoms with E-state index in [2.05, 4.69) is 39.5 Å². The summed E-state index contributed by atoms with van der Waals surface area (Å²) in [6.07, 6.45) is 4.55. The lowest BCUT2D eigenvalue weighted by molar-refractivity contribution is 0.227. The van der Waals surface area contributed by atoms with Gasteiger partial charge in [0.25, 0.3) is 0 Å². The molecule has 1 saturated carbocycles. The third-order valence-corrected chi connectivity index (χ3v) is 6.10. The highest BCUT2D eigenvalue weighted by molar-refractivity contribution is 9.10. The second-order valence-electron chi connectivity index (χ2n) is 5.53. The topological polar surface area (TPSA) is 85.1 Å². The van der Waals surface area contributed by atoms with Crippen LogP contribution in [-0.4, -0.2) is 19.4 Å². The van der Waals surface area contributed by atoms with Crippen LogP contribution in [0.4, 0.5) is 5.82 Å². The minimum atomic E-state index is -3.64. The second kappa shape index (κ2) is 5.99. The van der Waals surface area contributed by atoms with Crippen molar-refractivity contribution in [3.05, 3.63) is 16.7 Å². The van der Waals surface area contributed by atoms with Crippen LogP contribution in [0, 0.1) is 11.8 Å². The third kappa shape index (κ3) is 3.32. The van der Waals surface area contributed by atoms with Crippen molar-refractivity contribution in [3.8, 4) is 0 Å². The molecule has 0 spiro atoms. The highest BCUT2D eigenvalue weighted by Gasteiger charge is 2.31. The van der Waals surface area contributed by atoms with E-state index >= 15 is 0 Å². The zero-order valence-electron chi connectivity index (χ0n) is 11.6. The molecule has 0 radical (unpaired) electrons. The van der Waals surface area contributed by atoms with E-state index in [9.17, 15) is 8.42 Å². The number of nitrogens with zero attached hydrogens (tertiary/aromatic N) is 1. The van der Waals surface area contributed by atoms with Crippen molar-refractivity contribution in [2.24, 2.45) is 11.8 Å². The summed E-state index contributed by atoms with van der Waals surface area (Å²) >= 11 is 3.23. The van der Waals surface area contributed by atoms with E-state index < -0.39 is 10.0 Å². The maximum absolute atomic E-state index is 12.5. The molecule has 5 nitrogen and oxygen atoms in total. The quantitative estimate of drug-likeness (QED) is 0.865. The molecule has 0 aromatic carbocycles. The van der Waals surface area contributed by atoms with Crippen LogP contribution in [0.2, 0.25) is 0 Å². The number of pyridine rings is 1. The van der Waals surface area contributed by atoms with Gasteiger partial charge in [-0.1, -0.05) is 26.7 Å². The highest BCUT2D eigenvalue weighted by Crippen LogP contribution is 2.31. The number of nitrogen functional groups attached to an aromatic ring is 1. The zero-order valence-corrected chi connectivity index (χ0v) is 14.0. The van der Waals surface area contributed by atoms with Gasteiger partial charge in [-0.25, -0.2) is 18.1 Å². The average molecular weight is 362 g/mol. The molecular weight excluding hydrogens is 342 g/mol. The molecule has 0 unspecified atom stereocenters. The van der Waals surface area contributed by atoms with Crippen LogP contribution >= 0.6 is 15.9 Å². The van der Waals surface area contributed by atoms with E-state index in [1.54, 1.807) is 0 Å². The van der Waals surface area contributed by atoms with Gasteiger partial charge in [-0.15, -0.1) is 0 Å². The molecule has 20 heavy (non-hydrogen) atoms. The lowest BCUT2D eigenvalue weighted by atomic mass is 9.78. The Kier molecular flexibility index (Phi) is 4.71. The Morgan fingerprint density at radius 3 is 2.80 bits per heavy atom. The molecular formula is C13H20BrN3O2S. The summed E-state index contributed by atoms with van der Waals surface area (Å²) in [7, 11) is -3.64. The molecule has 1 aromatic rings. The van der Waals surface area contributed by atoms with Gasteiger partial charge in [-0.3, -0.25) is 0 Å².